The summed E-state index contributed by atoms with van der Waals surface area (Å²) in [7, 11) is -1.07. The Morgan fingerprint density at radius 3 is 0.865 bits per heavy atom. The van der Waals surface area contributed by atoms with Crippen LogP contribution in [0.2, 0.25) is 0 Å². The SMILES string of the molecule is CCCCCCCCS(CCCC)=P([O-])([O-])[S-].CCCCCCCCS(CCCC)=P([O-])([O-])[S-].[Zn+2].[Zn+2].[Zn+2]. The van der Waals surface area contributed by atoms with Crippen LogP contribution in [0.25, 0.3) is 0 Å². The first kappa shape index (κ1) is 50.6. The zero-order chi connectivity index (χ0) is 26.3. The Kier molecular flexibility index (Phi) is 47.1. The minimum atomic E-state index is -3.51. The first-order valence-corrected chi connectivity index (χ1v) is 23.1. The van der Waals surface area contributed by atoms with Gasteiger partial charge in [-0.15, -0.1) is 0 Å². The molecule has 0 saturated heterocycles. The van der Waals surface area contributed by atoms with E-state index in [1.165, 1.54) is 51.4 Å². The topological polar surface area (TPSA) is 92.2 Å². The summed E-state index contributed by atoms with van der Waals surface area (Å²) in [5, 5.41) is 0. The van der Waals surface area contributed by atoms with Crippen molar-refractivity contribution in [1.82, 2.24) is 0 Å². The van der Waals surface area contributed by atoms with Crippen LogP contribution in [0.1, 0.15) is 130 Å². The average Bonchev–Trinajstić information content (AvgIpc) is 2.75. The molecule has 0 aromatic heterocycles. The molecule has 0 fully saturated rings. The standard InChI is InChI=1S/2C12H26O2PS2.3Zn/c2*1-3-5-7-8-9-10-12-17(11-6-4-2)15(13,14)16;;;/h2*3-12H2,1-2H3;;;/q2*-3;3*+2. The molecule has 0 rings (SSSR count). The van der Waals surface area contributed by atoms with Crippen molar-refractivity contribution in [1.29, 1.82) is 0 Å². The quantitative estimate of drug-likeness (QED) is 0.0710. The molecule has 0 aromatic rings. The van der Waals surface area contributed by atoms with Gasteiger partial charge in [-0.2, -0.15) is 0 Å². The van der Waals surface area contributed by atoms with E-state index in [2.05, 4.69) is 52.2 Å². The molecule has 13 heteroatoms. The monoisotopic (exact) mass is 786 g/mol. The molecular weight excluding hydrogens is 739 g/mol. The van der Waals surface area contributed by atoms with Crippen molar-refractivity contribution >= 4 is 56.0 Å². The van der Waals surface area contributed by atoms with Crippen molar-refractivity contribution in [3.63, 3.8) is 0 Å². The summed E-state index contributed by atoms with van der Waals surface area (Å²) in [5.74, 6) is 3.18. The summed E-state index contributed by atoms with van der Waals surface area (Å²) >= 11 is 9.30. The van der Waals surface area contributed by atoms with Crippen LogP contribution < -0.4 is 19.6 Å². The Balaban J connectivity index is -0.000000171. The van der Waals surface area contributed by atoms with Crippen LogP contribution >= 0.6 is 11.4 Å². The Morgan fingerprint density at radius 2 is 0.622 bits per heavy atom. The molecule has 0 saturated carbocycles. The van der Waals surface area contributed by atoms with Crippen LogP contribution in [-0.4, -0.2) is 23.0 Å². The van der Waals surface area contributed by atoms with E-state index < -0.39 is 31.5 Å². The Labute approximate surface area is 284 Å². The van der Waals surface area contributed by atoms with E-state index in [0.29, 0.717) is 0 Å². The van der Waals surface area contributed by atoms with Crippen molar-refractivity contribution in [3.05, 3.63) is 0 Å². The van der Waals surface area contributed by atoms with Crippen LogP contribution in [0.5, 0.6) is 0 Å². The molecule has 0 spiro atoms. The molecule has 0 N–H and O–H groups in total. The van der Waals surface area contributed by atoms with Gasteiger partial charge in [-0.1, -0.05) is 105 Å². The molecule has 0 aliphatic heterocycles. The van der Waals surface area contributed by atoms with E-state index in [1.54, 1.807) is 0 Å². The van der Waals surface area contributed by atoms with Crippen molar-refractivity contribution in [2.75, 3.05) is 23.0 Å². The average molecular weight is 791 g/mol. The molecule has 0 amide bonds. The van der Waals surface area contributed by atoms with Gasteiger partial charge >= 0.3 is 58.4 Å². The maximum absolute atomic E-state index is 11.5. The first-order chi connectivity index (χ1) is 16.0. The summed E-state index contributed by atoms with van der Waals surface area (Å²) in [6, 6.07) is 0. The van der Waals surface area contributed by atoms with Crippen molar-refractivity contribution < 1.29 is 78.0 Å². The predicted molar refractivity (Wildman–Crippen MR) is 159 cm³/mol. The molecule has 2 atom stereocenters. The normalized spacial score (nSPS) is 12.8. The fourth-order valence-corrected chi connectivity index (χ4v) is 13.9. The van der Waals surface area contributed by atoms with E-state index in [4.69, 9.17) is 0 Å². The Hall–Kier alpha value is 3.97. The summed E-state index contributed by atoms with van der Waals surface area (Å²) in [5.41, 5.74) is -7.01. The molecule has 0 aromatic carbocycles. The molecule has 0 bridgehead atoms. The molecule has 4 nitrogen and oxygen atoms in total. The predicted octanol–water partition coefficient (Wildman–Crippen LogP) is 5.41. The molecule has 37 heavy (non-hydrogen) atoms. The van der Waals surface area contributed by atoms with Crippen molar-refractivity contribution in [2.45, 2.75) is 130 Å². The van der Waals surface area contributed by atoms with E-state index in [9.17, 15) is 19.6 Å². The van der Waals surface area contributed by atoms with Gasteiger partial charge in [0, 0.05) is 0 Å². The molecule has 0 aliphatic rings. The smallest absolute Gasteiger partial charge is 0.854 e. The number of rotatable bonds is 20. The number of unbranched alkanes of at least 4 members (excludes halogenated alkanes) is 12. The third-order valence-corrected chi connectivity index (χ3v) is 19.7. The summed E-state index contributed by atoms with van der Waals surface area (Å²) in [4.78, 5) is 45.8. The zero-order valence-electron chi connectivity index (χ0n) is 24.4. The van der Waals surface area contributed by atoms with Gasteiger partial charge in [-0.05, 0) is 48.7 Å². The van der Waals surface area contributed by atoms with Gasteiger partial charge in [-0.3, -0.25) is 0 Å². The van der Waals surface area contributed by atoms with Gasteiger partial charge in [0.25, 0.3) is 0 Å². The van der Waals surface area contributed by atoms with E-state index in [0.717, 1.165) is 74.4 Å². The fraction of sp³-hybridized carbons (Fsp3) is 1.00. The zero-order valence-corrected chi connectivity index (χ0v) is 38.4. The van der Waals surface area contributed by atoms with Crippen LogP contribution in [0.15, 0.2) is 0 Å². The van der Waals surface area contributed by atoms with Gasteiger partial charge in [0.15, 0.2) is 0 Å². The van der Waals surface area contributed by atoms with Gasteiger partial charge in [0.1, 0.15) is 0 Å². The third kappa shape index (κ3) is 36.1. The number of hydrogen-bond donors (Lipinski definition) is 0. The maximum Gasteiger partial charge on any atom is 2.00 e. The molecule has 2 unspecified atom stereocenters. The summed E-state index contributed by atoms with van der Waals surface area (Å²) in [6.45, 7) is 8.58. The molecule has 0 heterocycles. The second kappa shape index (κ2) is 34.5. The van der Waals surface area contributed by atoms with Crippen LogP contribution in [-0.2, 0) is 103 Å². The summed E-state index contributed by atoms with van der Waals surface area (Å²) < 4.78 is 0. The van der Waals surface area contributed by atoms with Gasteiger partial charge in [0.2, 0.25) is 0 Å². The van der Waals surface area contributed by atoms with E-state index >= 15 is 0 Å². The second-order valence-corrected chi connectivity index (χ2v) is 24.4. The van der Waals surface area contributed by atoms with Gasteiger partial charge in [-0.25, -0.2) is 20.1 Å². The largest absolute Gasteiger partial charge is 2.00 e. The van der Waals surface area contributed by atoms with Gasteiger partial charge < -0.3 is 55.5 Å². The number of hydrogen-bond acceptors (Lipinski definition) is 6. The molecule has 212 valence electrons. The second-order valence-electron chi connectivity index (χ2n) is 8.88. The maximum atomic E-state index is 11.5. The van der Waals surface area contributed by atoms with E-state index in [1.807, 2.05) is 0 Å². The molecular formula is C24H52O4P2S4Zn3. The fourth-order valence-electron chi connectivity index (χ4n) is 3.37. The van der Waals surface area contributed by atoms with Crippen LogP contribution in [0.3, 0.4) is 0 Å². The molecule has 0 radical (unpaired) electrons. The Morgan fingerprint density at radius 1 is 0.405 bits per heavy atom. The third-order valence-electron chi connectivity index (χ3n) is 5.57. The minimum absolute atomic E-state index is 0. The molecule has 0 aliphatic carbocycles. The first-order valence-electron chi connectivity index (χ1n) is 13.4. The van der Waals surface area contributed by atoms with Crippen LogP contribution in [0, 0.1) is 0 Å². The van der Waals surface area contributed by atoms with Crippen molar-refractivity contribution in [3.8, 4) is 0 Å². The van der Waals surface area contributed by atoms with Crippen LogP contribution in [0.4, 0.5) is 0 Å². The Bertz CT molecular complexity index is 526. The summed E-state index contributed by atoms with van der Waals surface area (Å²) in [6.07, 6.45) is 18.6. The van der Waals surface area contributed by atoms with Gasteiger partial charge in [0.05, 0.1) is 0 Å². The minimum Gasteiger partial charge on any atom is -0.854 e. The van der Waals surface area contributed by atoms with E-state index in [-0.39, 0.29) is 58.4 Å². The van der Waals surface area contributed by atoms with Crippen molar-refractivity contribution in [2.24, 2.45) is 0 Å².